The number of allylic oxidation sites excluding steroid dienone is 8. The lowest BCUT2D eigenvalue weighted by Gasteiger charge is -2.18. The van der Waals surface area contributed by atoms with Crippen molar-refractivity contribution in [1.29, 1.82) is 0 Å². The minimum absolute atomic E-state index is 0.0800. The number of hydrogen-bond donors (Lipinski definition) is 0. The van der Waals surface area contributed by atoms with Crippen LogP contribution in [0.2, 0.25) is 0 Å². The van der Waals surface area contributed by atoms with Crippen LogP contribution >= 0.6 is 0 Å². The molecule has 0 spiro atoms. The molecule has 63 heavy (non-hydrogen) atoms. The summed E-state index contributed by atoms with van der Waals surface area (Å²) in [7, 11) is 0. The summed E-state index contributed by atoms with van der Waals surface area (Å²) >= 11 is 0. The Balaban J connectivity index is 4.35. The number of esters is 3. The smallest absolute Gasteiger partial charge is 0.306 e. The van der Waals surface area contributed by atoms with Crippen molar-refractivity contribution in [3.05, 3.63) is 48.6 Å². The van der Waals surface area contributed by atoms with E-state index in [1.807, 2.05) is 0 Å². The van der Waals surface area contributed by atoms with Gasteiger partial charge in [0, 0.05) is 19.3 Å². The van der Waals surface area contributed by atoms with Gasteiger partial charge in [-0.2, -0.15) is 0 Å². The Morgan fingerprint density at radius 3 is 1.08 bits per heavy atom. The van der Waals surface area contributed by atoms with Gasteiger partial charge in [-0.3, -0.25) is 14.4 Å². The standard InChI is InChI=1S/C57H102O6/c1-4-7-10-13-16-19-22-25-27-28-29-31-32-35-38-41-44-47-50-56(59)62-53-54(52-61-55(58)49-46-43-40-37-34-24-21-18-15-12-9-6-3)63-57(60)51-48-45-42-39-36-33-30-26-23-20-17-14-11-8-5-2/h9,12,17-18,20-21,23,26,54H,4-8,10-11,13-16,19,22,24-25,27-53H2,1-3H3/b12-9-,20-17-,21-18-,26-23-. The molecule has 0 fully saturated rings. The fraction of sp³-hybridized carbons (Fsp3) is 0.807. The van der Waals surface area contributed by atoms with E-state index in [1.54, 1.807) is 0 Å². The van der Waals surface area contributed by atoms with Crippen LogP contribution in [0.15, 0.2) is 48.6 Å². The van der Waals surface area contributed by atoms with Crippen LogP contribution in [0.3, 0.4) is 0 Å². The van der Waals surface area contributed by atoms with E-state index in [1.165, 1.54) is 141 Å². The third-order valence-electron chi connectivity index (χ3n) is 11.8. The molecule has 0 rings (SSSR count). The molecule has 0 aliphatic carbocycles. The molecule has 366 valence electrons. The summed E-state index contributed by atoms with van der Waals surface area (Å²) < 4.78 is 16.8. The third kappa shape index (κ3) is 50.2. The van der Waals surface area contributed by atoms with Gasteiger partial charge in [-0.25, -0.2) is 0 Å². The quantitative estimate of drug-likeness (QED) is 0.0199. The molecule has 0 aliphatic heterocycles. The molecule has 6 heteroatoms. The van der Waals surface area contributed by atoms with E-state index in [2.05, 4.69) is 69.4 Å². The highest BCUT2D eigenvalue weighted by molar-refractivity contribution is 5.71. The van der Waals surface area contributed by atoms with Crippen molar-refractivity contribution in [3.63, 3.8) is 0 Å². The van der Waals surface area contributed by atoms with Gasteiger partial charge in [0.05, 0.1) is 0 Å². The molecule has 1 unspecified atom stereocenters. The molecule has 0 aromatic carbocycles. The number of carbonyl (C=O) groups excluding carboxylic acids is 3. The maximum absolute atomic E-state index is 12.8. The van der Waals surface area contributed by atoms with Gasteiger partial charge in [-0.15, -0.1) is 0 Å². The van der Waals surface area contributed by atoms with Gasteiger partial charge in [-0.1, -0.05) is 236 Å². The second-order valence-electron chi connectivity index (χ2n) is 18.1. The average molecular weight is 883 g/mol. The average Bonchev–Trinajstić information content (AvgIpc) is 3.28. The van der Waals surface area contributed by atoms with Crippen molar-refractivity contribution in [1.82, 2.24) is 0 Å². The first-order chi connectivity index (χ1) is 31.0. The second-order valence-corrected chi connectivity index (χ2v) is 18.1. The van der Waals surface area contributed by atoms with E-state index in [-0.39, 0.29) is 31.1 Å². The number of unbranched alkanes of at least 4 members (excludes halogenated alkanes) is 31. The zero-order valence-electron chi connectivity index (χ0n) is 41.8. The highest BCUT2D eigenvalue weighted by Crippen LogP contribution is 2.16. The molecule has 0 amide bonds. The fourth-order valence-corrected chi connectivity index (χ4v) is 7.77. The van der Waals surface area contributed by atoms with Crippen molar-refractivity contribution in [2.45, 2.75) is 284 Å². The number of ether oxygens (including phenoxy) is 3. The lowest BCUT2D eigenvalue weighted by molar-refractivity contribution is -0.167. The number of carbonyl (C=O) groups is 3. The molecule has 0 aliphatic rings. The van der Waals surface area contributed by atoms with Crippen molar-refractivity contribution < 1.29 is 28.6 Å². The van der Waals surface area contributed by atoms with Crippen molar-refractivity contribution >= 4 is 17.9 Å². The molecule has 0 aromatic rings. The molecule has 6 nitrogen and oxygen atoms in total. The summed E-state index contributed by atoms with van der Waals surface area (Å²) in [6.45, 7) is 6.50. The Bertz CT molecular complexity index is 1110. The maximum atomic E-state index is 12.8. The summed E-state index contributed by atoms with van der Waals surface area (Å²) in [6, 6.07) is 0. The van der Waals surface area contributed by atoms with Crippen LogP contribution in [0.4, 0.5) is 0 Å². The Labute approximate surface area is 390 Å². The van der Waals surface area contributed by atoms with Crippen LogP contribution < -0.4 is 0 Å². The predicted molar refractivity (Wildman–Crippen MR) is 270 cm³/mol. The molecule has 1 atom stereocenters. The summed E-state index contributed by atoms with van der Waals surface area (Å²) in [5.74, 6) is -0.897. The monoisotopic (exact) mass is 883 g/mol. The first-order valence-corrected chi connectivity index (χ1v) is 27.2. The van der Waals surface area contributed by atoms with Gasteiger partial charge < -0.3 is 14.2 Å². The molecule has 0 N–H and O–H groups in total. The van der Waals surface area contributed by atoms with Crippen LogP contribution in [0.5, 0.6) is 0 Å². The molecular formula is C57H102O6. The summed E-state index contributed by atoms with van der Waals surface area (Å²) in [4.78, 5) is 38.0. The summed E-state index contributed by atoms with van der Waals surface area (Å²) in [5, 5.41) is 0. The Hall–Kier alpha value is -2.63. The molecule has 0 heterocycles. The number of hydrogen-bond acceptors (Lipinski definition) is 6. The minimum Gasteiger partial charge on any atom is -0.462 e. The zero-order valence-corrected chi connectivity index (χ0v) is 41.8. The van der Waals surface area contributed by atoms with Gasteiger partial charge in [0.15, 0.2) is 6.10 Å². The van der Waals surface area contributed by atoms with E-state index >= 15 is 0 Å². The van der Waals surface area contributed by atoms with Crippen LogP contribution in [-0.2, 0) is 28.6 Å². The van der Waals surface area contributed by atoms with Gasteiger partial charge in [0.25, 0.3) is 0 Å². The fourth-order valence-electron chi connectivity index (χ4n) is 7.77. The first-order valence-electron chi connectivity index (χ1n) is 27.2. The van der Waals surface area contributed by atoms with Crippen LogP contribution in [0, 0.1) is 0 Å². The third-order valence-corrected chi connectivity index (χ3v) is 11.8. The molecule has 0 saturated heterocycles. The summed E-state index contributed by atoms with van der Waals surface area (Å²) in [6.07, 6.45) is 62.4. The van der Waals surface area contributed by atoms with E-state index in [9.17, 15) is 14.4 Å². The van der Waals surface area contributed by atoms with Gasteiger partial charge in [-0.05, 0) is 70.6 Å². The molecule has 0 saturated carbocycles. The van der Waals surface area contributed by atoms with Crippen molar-refractivity contribution in [3.8, 4) is 0 Å². The highest BCUT2D eigenvalue weighted by atomic mass is 16.6. The van der Waals surface area contributed by atoms with E-state index < -0.39 is 6.10 Å². The van der Waals surface area contributed by atoms with Crippen LogP contribution in [0.1, 0.15) is 278 Å². The largest absolute Gasteiger partial charge is 0.462 e. The second kappa shape index (κ2) is 52.0. The Morgan fingerprint density at radius 1 is 0.349 bits per heavy atom. The SMILES string of the molecule is CC/C=C\C/C=C\CCCCCCCC(=O)OCC(COC(=O)CCCCCCCCCCCCCCCCCCCC)OC(=O)CCCCCCCC/C=C\C=C/CCCCC. The Morgan fingerprint density at radius 2 is 0.667 bits per heavy atom. The lowest BCUT2D eigenvalue weighted by Crippen LogP contribution is -2.30. The lowest BCUT2D eigenvalue weighted by atomic mass is 10.0. The topological polar surface area (TPSA) is 78.9 Å². The molecule has 0 radical (unpaired) electrons. The summed E-state index contributed by atoms with van der Waals surface area (Å²) in [5.41, 5.74) is 0. The van der Waals surface area contributed by atoms with Gasteiger partial charge >= 0.3 is 17.9 Å². The van der Waals surface area contributed by atoms with E-state index in [4.69, 9.17) is 14.2 Å². The van der Waals surface area contributed by atoms with E-state index in [0.29, 0.717) is 19.3 Å². The van der Waals surface area contributed by atoms with Crippen LogP contribution in [0.25, 0.3) is 0 Å². The molecule has 0 bridgehead atoms. The number of rotatable bonds is 49. The molecule has 0 aromatic heterocycles. The van der Waals surface area contributed by atoms with Crippen molar-refractivity contribution in [2.24, 2.45) is 0 Å². The van der Waals surface area contributed by atoms with E-state index in [0.717, 1.165) is 96.3 Å². The highest BCUT2D eigenvalue weighted by Gasteiger charge is 2.19. The normalized spacial score (nSPS) is 12.4. The van der Waals surface area contributed by atoms with Crippen LogP contribution in [-0.4, -0.2) is 37.2 Å². The Kier molecular flexibility index (Phi) is 49.8. The minimum atomic E-state index is -0.782. The molecular weight excluding hydrogens is 781 g/mol. The maximum Gasteiger partial charge on any atom is 0.306 e. The van der Waals surface area contributed by atoms with Crippen molar-refractivity contribution in [2.75, 3.05) is 13.2 Å². The van der Waals surface area contributed by atoms with Gasteiger partial charge in [0.1, 0.15) is 13.2 Å². The first kappa shape index (κ1) is 60.4. The zero-order chi connectivity index (χ0) is 45.8. The van der Waals surface area contributed by atoms with Gasteiger partial charge in [0.2, 0.25) is 0 Å². The predicted octanol–water partition coefficient (Wildman–Crippen LogP) is 17.9.